The lowest BCUT2D eigenvalue weighted by Gasteiger charge is -2.05. The second kappa shape index (κ2) is 10.8. The monoisotopic (exact) mass is 403 g/mol. The van der Waals surface area contributed by atoms with Crippen LogP contribution in [0.4, 0.5) is 0 Å². The number of aromatic nitrogens is 1. The lowest BCUT2D eigenvalue weighted by molar-refractivity contribution is -0.137. The van der Waals surface area contributed by atoms with Gasteiger partial charge in [0.2, 0.25) is 5.89 Å². The quantitative estimate of drug-likeness (QED) is 0.272. The van der Waals surface area contributed by atoms with E-state index in [1.165, 1.54) is 6.08 Å². The first-order valence-corrected chi connectivity index (χ1v) is 9.92. The van der Waals surface area contributed by atoms with Crippen molar-refractivity contribution in [3.8, 4) is 17.2 Å². The van der Waals surface area contributed by atoms with Crippen LogP contribution >= 0.6 is 0 Å². The van der Waals surface area contributed by atoms with Crippen LogP contribution in [0, 0.1) is 6.92 Å². The van der Waals surface area contributed by atoms with Crippen LogP contribution in [0.3, 0.4) is 0 Å². The maximum atomic E-state index is 11.2. The summed E-state index contributed by atoms with van der Waals surface area (Å²) in [5.41, 5.74) is 2.88. The van der Waals surface area contributed by atoms with Crippen molar-refractivity contribution in [1.29, 1.82) is 0 Å². The minimum atomic E-state index is -0.343. The summed E-state index contributed by atoms with van der Waals surface area (Å²) in [6.45, 7) is 4.59. The van der Waals surface area contributed by atoms with Crippen molar-refractivity contribution in [2.45, 2.75) is 20.3 Å². The van der Waals surface area contributed by atoms with E-state index in [1.807, 2.05) is 67.6 Å². The van der Waals surface area contributed by atoms with Gasteiger partial charge in [0.1, 0.15) is 11.5 Å². The van der Waals surface area contributed by atoms with Crippen molar-refractivity contribution in [3.05, 3.63) is 89.8 Å². The first-order valence-electron chi connectivity index (χ1n) is 9.92. The number of aryl methyl sites for hydroxylation is 1. The number of esters is 1. The zero-order chi connectivity index (χ0) is 21.2. The molecular weight excluding hydrogens is 378 g/mol. The van der Waals surface area contributed by atoms with Crippen LogP contribution in [0.25, 0.3) is 17.5 Å². The summed E-state index contributed by atoms with van der Waals surface area (Å²) in [5.74, 6) is 1.90. The molecule has 0 amide bonds. The molecule has 1 aromatic heterocycles. The summed E-state index contributed by atoms with van der Waals surface area (Å²) >= 11 is 0. The van der Waals surface area contributed by atoms with Gasteiger partial charge in [-0.1, -0.05) is 48.6 Å². The molecule has 0 aliphatic heterocycles. The highest BCUT2D eigenvalue weighted by molar-refractivity contribution is 5.82. The molecule has 5 heteroatoms. The second-order valence-corrected chi connectivity index (χ2v) is 6.53. The van der Waals surface area contributed by atoms with E-state index in [0.29, 0.717) is 25.5 Å². The number of oxazole rings is 1. The van der Waals surface area contributed by atoms with Crippen LogP contribution in [0.1, 0.15) is 23.9 Å². The number of allylic oxidation sites excluding steroid dienone is 2. The van der Waals surface area contributed by atoms with Crippen molar-refractivity contribution < 1.29 is 18.7 Å². The summed E-state index contributed by atoms with van der Waals surface area (Å²) in [6.07, 6.45) is 7.43. The Morgan fingerprint density at radius 3 is 2.57 bits per heavy atom. The van der Waals surface area contributed by atoms with Crippen LogP contribution in [-0.4, -0.2) is 24.2 Å². The van der Waals surface area contributed by atoms with Gasteiger partial charge < -0.3 is 13.9 Å². The fraction of sp³-hybridized carbons (Fsp3) is 0.200. The van der Waals surface area contributed by atoms with E-state index in [-0.39, 0.29) is 5.97 Å². The van der Waals surface area contributed by atoms with Crippen LogP contribution < -0.4 is 4.74 Å². The van der Waals surface area contributed by atoms with Gasteiger partial charge in [0.15, 0.2) is 0 Å². The predicted molar refractivity (Wildman–Crippen MR) is 117 cm³/mol. The molecule has 0 aliphatic rings. The summed E-state index contributed by atoms with van der Waals surface area (Å²) in [4.78, 5) is 15.8. The average Bonchev–Trinajstić information content (AvgIpc) is 3.14. The summed E-state index contributed by atoms with van der Waals surface area (Å²) in [5, 5.41) is 0. The number of benzene rings is 2. The van der Waals surface area contributed by atoms with Gasteiger partial charge in [-0.3, -0.25) is 0 Å². The van der Waals surface area contributed by atoms with Crippen LogP contribution in [-0.2, 0) is 16.0 Å². The van der Waals surface area contributed by atoms with Crippen molar-refractivity contribution in [2.24, 2.45) is 0 Å². The molecule has 2 aromatic carbocycles. The Morgan fingerprint density at radius 2 is 1.83 bits per heavy atom. The van der Waals surface area contributed by atoms with Gasteiger partial charge in [-0.15, -0.1) is 0 Å². The van der Waals surface area contributed by atoms with Gasteiger partial charge in [-0.25, -0.2) is 9.78 Å². The largest absolute Gasteiger partial charge is 0.493 e. The Morgan fingerprint density at radius 1 is 1.07 bits per heavy atom. The Balaban J connectivity index is 1.49. The van der Waals surface area contributed by atoms with E-state index >= 15 is 0 Å². The first kappa shape index (κ1) is 21.1. The van der Waals surface area contributed by atoms with Gasteiger partial charge in [0.05, 0.1) is 18.9 Å². The number of rotatable bonds is 9. The summed E-state index contributed by atoms with van der Waals surface area (Å²) in [7, 11) is 0. The maximum absolute atomic E-state index is 11.2. The fourth-order valence-corrected chi connectivity index (χ4v) is 2.80. The minimum absolute atomic E-state index is 0.343. The van der Waals surface area contributed by atoms with E-state index in [1.54, 1.807) is 19.1 Å². The van der Waals surface area contributed by atoms with Crippen molar-refractivity contribution >= 4 is 12.0 Å². The lowest BCUT2D eigenvalue weighted by atomic mass is 10.2. The molecule has 0 saturated carbocycles. The molecule has 3 rings (SSSR count). The van der Waals surface area contributed by atoms with Gasteiger partial charge in [0.25, 0.3) is 0 Å². The average molecular weight is 403 g/mol. The molecule has 154 valence electrons. The van der Waals surface area contributed by atoms with Crippen molar-refractivity contribution in [2.75, 3.05) is 13.2 Å². The molecule has 0 radical (unpaired) electrons. The van der Waals surface area contributed by atoms with E-state index in [4.69, 9.17) is 13.9 Å². The molecular formula is C25H25NO4. The molecule has 0 bridgehead atoms. The highest BCUT2D eigenvalue weighted by Crippen LogP contribution is 2.22. The van der Waals surface area contributed by atoms with Gasteiger partial charge in [-0.2, -0.15) is 0 Å². The Hall–Kier alpha value is -3.60. The number of carbonyl (C=O) groups excluding carboxylic acids is 1. The minimum Gasteiger partial charge on any atom is -0.493 e. The SMILES string of the molecule is CCOC(=O)C=CC=Cc1ccc(OCCc2nc(-c3ccccc3)oc2C)cc1. The molecule has 0 spiro atoms. The Labute approximate surface area is 176 Å². The topological polar surface area (TPSA) is 61.6 Å². The van der Waals surface area contributed by atoms with Crippen molar-refractivity contribution in [3.63, 3.8) is 0 Å². The lowest BCUT2D eigenvalue weighted by Crippen LogP contribution is -2.02. The standard InChI is InChI=1S/C25H25NO4/c1-3-28-24(27)12-8-7-9-20-13-15-22(16-14-20)29-18-17-23-19(2)30-25(26-23)21-10-5-4-6-11-21/h4-16H,3,17-18H2,1-2H3. The number of hydrogen-bond acceptors (Lipinski definition) is 5. The molecule has 0 fully saturated rings. The fourth-order valence-electron chi connectivity index (χ4n) is 2.80. The molecule has 0 aliphatic carbocycles. The third-order valence-electron chi connectivity index (χ3n) is 4.32. The predicted octanol–water partition coefficient (Wildman–Crippen LogP) is 5.40. The molecule has 0 atom stereocenters. The molecule has 5 nitrogen and oxygen atoms in total. The number of carbonyl (C=O) groups is 1. The molecule has 3 aromatic rings. The summed E-state index contributed by atoms with van der Waals surface area (Å²) in [6, 6.07) is 17.6. The second-order valence-electron chi connectivity index (χ2n) is 6.53. The van der Waals surface area contributed by atoms with Gasteiger partial charge >= 0.3 is 5.97 Å². The van der Waals surface area contributed by atoms with Crippen LogP contribution in [0.2, 0.25) is 0 Å². The van der Waals surface area contributed by atoms with E-state index in [9.17, 15) is 4.79 Å². The number of hydrogen-bond donors (Lipinski definition) is 0. The van der Waals surface area contributed by atoms with Crippen LogP contribution in [0.15, 0.2) is 77.2 Å². The summed E-state index contributed by atoms with van der Waals surface area (Å²) < 4.78 is 16.4. The Kier molecular flexibility index (Phi) is 7.61. The van der Waals surface area contributed by atoms with Crippen molar-refractivity contribution in [1.82, 2.24) is 4.98 Å². The number of nitrogens with zero attached hydrogens (tertiary/aromatic N) is 1. The zero-order valence-corrected chi connectivity index (χ0v) is 17.2. The maximum Gasteiger partial charge on any atom is 0.330 e. The third-order valence-corrected chi connectivity index (χ3v) is 4.32. The molecule has 0 saturated heterocycles. The molecule has 0 N–H and O–H groups in total. The van der Waals surface area contributed by atoms with Gasteiger partial charge in [-0.05, 0) is 43.7 Å². The van der Waals surface area contributed by atoms with E-state index in [0.717, 1.165) is 28.3 Å². The molecule has 1 heterocycles. The zero-order valence-electron chi connectivity index (χ0n) is 17.2. The molecule has 30 heavy (non-hydrogen) atoms. The normalized spacial score (nSPS) is 11.3. The highest BCUT2D eigenvalue weighted by Gasteiger charge is 2.11. The number of ether oxygens (including phenoxy) is 2. The third kappa shape index (κ3) is 6.21. The van der Waals surface area contributed by atoms with E-state index < -0.39 is 0 Å². The highest BCUT2D eigenvalue weighted by atomic mass is 16.5. The molecule has 0 unspecified atom stereocenters. The first-order chi connectivity index (χ1) is 14.7. The van der Waals surface area contributed by atoms with E-state index in [2.05, 4.69) is 4.98 Å². The smallest absolute Gasteiger partial charge is 0.330 e. The Bertz CT molecular complexity index is 1000. The van der Waals surface area contributed by atoms with Gasteiger partial charge in [0, 0.05) is 18.1 Å². The van der Waals surface area contributed by atoms with Crippen LogP contribution in [0.5, 0.6) is 5.75 Å².